The van der Waals surface area contributed by atoms with Gasteiger partial charge in [-0.05, 0) is 31.0 Å². The summed E-state index contributed by atoms with van der Waals surface area (Å²) in [5, 5.41) is 6.71. The lowest BCUT2D eigenvalue weighted by Gasteiger charge is -2.04. The van der Waals surface area contributed by atoms with E-state index >= 15 is 0 Å². The van der Waals surface area contributed by atoms with E-state index in [2.05, 4.69) is 21.5 Å². The van der Waals surface area contributed by atoms with Gasteiger partial charge in [0, 0.05) is 17.3 Å². The Kier molecular flexibility index (Phi) is 3.50. The molecular formula is C15H14N4OS. The zero-order chi connectivity index (χ0) is 14.8. The molecule has 106 valence electrons. The van der Waals surface area contributed by atoms with Crippen LogP contribution in [-0.2, 0) is 0 Å². The van der Waals surface area contributed by atoms with Gasteiger partial charge in [0.15, 0.2) is 5.13 Å². The Bertz CT molecular complexity index is 728. The van der Waals surface area contributed by atoms with Gasteiger partial charge in [-0.2, -0.15) is 0 Å². The van der Waals surface area contributed by atoms with Crippen LogP contribution in [0.15, 0.2) is 24.3 Å². The molecule has 1 amide bonds. The molecule has 0 bridgehead atoms. The number of hydrogen-bond donors (Lipinski definition) is 3. The molecule has 0 saturated heterocycles. The second-order valence-electron chi connectivity index (χ2n) is 4.83. The molecule has 0 spiro atoms. The molecular weight excluding hydrogens is 284 g/mol. The van der Waals surface area contributed by atoms with E-state index in [4.69, 9.17) is 12.2 Å². The van der Waals surface area contributed by atoms with E-state index in [1.165, 1.54) is 11.3 Å². The fourth-order valence-corrected chi connectivity index (χ4v) is 2.69. The third kappa shape index (κ3) is 3.15. The Balaban J connectivity index is 1.75. The first kappa shape index (κ1) is 13.5. The first-order chi connectivity index (χ1) is 10.2. The van der Waals surface area contributed by atoms with E-state index in [1.807, 2.05) is 0 Å². The van der Waals surface area contributed by atoms with Crippen LogP contribution in [0.3, 0.4) is 0 Å². The number of thiazole rings is 1. The van der Waals surface area contributed by atoms with Crippen molar-refractivity contribution in [2.24, 2.45) is 0 Å². The third-order valence-corrected chi connectivity index (χ3v) is 4.05. The number of carbonyl (C=O) groups excluding carboxylic acids is 1. The zero-order valence-corrected chi connectivity index (χ0v) is 12.0. The highest BCUT2D eigenvalue weighted by Crippen LogP contribution is 2.30. The number of nitrogen functional groups attached to an aromatic ring is 1. The topological polar surface area (TPSA) is 80.0 Å². The molecule has 4 N–H and O–H groups in total. The van der Waals surface area contributed by atoms with Crippen molar-refractivity contribution < 1.29 is 4.79 Å². The summed E-state index contributed by atoms with van der Waals surface area (Å²) in [6.45, 7) is 0. The zero-order valence-electron chi connectivity index (χ0n) is 11.2. The summed E-state index contributed by atoms with van der Waals surface area (Å²) in [7, 11) is 0. The van der Waals surface area contributed by atoms with Crippen LogP contribution >= 0.6 is 11.3 Å². The lowest BCUT2D eigenvalue weighted by molar-refractivity contribution is 0.103. The molecule has 0 atom stereocenters. The number of carbonyl (C=O) groups is 1. The Morgan fingerprint density at radius 3 is 3.00 bits per heavy atom. The van der Waals surface area contributed by atoms with Crippen molar-refractivity contribution in [3.63, 3.8) is 0 Å². The van der Waals surface area contributed by atoms with E-state index in [9.17, 15) is 4.79 Å². The summed E-state index contributed by atoms with van der Waals surface area (Å²) in [6.07, 6.45) is 7.62. The Morgan fingerprint density at radius 1 is 1.48 bits per heavy atom. The minimum atomic E-state index is -0.275. The predicted octanol–water partition coefficient (Wildman–Crippen LogP) is 2.53. The number of terminal acetylenes is 1. The van der Waals surface area contributed by atoms with Crippen molar-refractivity contribution in [2.75, 3.05) is 16.4 Å². The first-order valence-corrected chi connectivity index (χ1v) is 7.38. The lowest BCUT2D eigenvalue weighted by Crippen LogP contribution is -2.12. The van der Waals surface area contributed by atoms with Crippen LogP contribution in [0.2, 0.25) is 0 Å². The minimum Gasteiger partial charge on any atom is -0.382 e. The number of nitrogens with one attached hydrogen (secondary N) is 2. The van der Waals surface area contributed by atoms with Gasteiger partial charge in [0.25, 0.3) is 5.91 Å². The van der Waals surface area contributed by atoms with Gasteiger partial charge in [-0.3, -0.25) is 4.79 Å². The van der Waals surface area contributed by atoms with Crippen LogP contribution < -0.4 is 16.4 Å². The molecule has 1 heterocycles. The fraction of sp³-hybridized carbons (Fsp3) is 0.200. The first-order valence-electron chi connectivity index (χ1n) is 6.56. The van der Waals surface area contributed by atoms with Crippen LogP contribution in [0.1, 0.15) is 28.1 Å². The summed E-state index contributed by atoms with van der Waals surface area (Å²) >= 11 is 1.27. The molecule has 5 nitrogen and oxygen atoms in total. The van der Waals surface area contributed by atoms with Gasteiger partial charge in [-0.25, -0.2) is 4.98 Å². The summed E-state index contributed by atoms with van der Waals surface area (Å²) in [6, 6.07) is 7.58. The van der Waals surface area contributed by atoms with Crippen LogP contribution in [-0.4, -0.2) is 16.9 Å². The molecule has 1 fully saturated rings. The maximum absolute atomic E-state index is 12.2. The Hall–Kier alpha value is -2.52. The molecule has 1 aliphatic carbocycles. The van der Waals surface area contributed by atoms with Crippen molar-refractivity contribution in [1.29, 1.82) is 0 Å². The maximum atomic E-state index is 12.2. The number of nitrogens with zero attached hydrogens (tertiary/aromatic N) is 1. The number of amides is 1. The van der Waals surface area contributed by atoms with Gasteiger partial charge in [-0.15, -0.1) is 6.42 Å². The van der Waals surface area contributed by atoms with Gasteiger partial charge in [0.1, 0.15) is 10.7 Å². The average molecular weight is 298 g/mol. The van der Waals surface area contributed by atoms with Crippen LogP contribution in [0.4, 0.5) is 16.6 Å². The van der Waals surface area contributed by atoms with Gasteiger partial charge < -0.3 is 16.4 Å². The van der Waals surface area contributed by atoms with Crippen LogP contribution in [0.25, 0.3) is 0 Å². The normalized spacial score (nSPS) is 13.5. The number of anilines is 3. The molecule has 2 aromatic rings. The number of hydrogen-bond acceptors (Lipinski definition) is 5. The fourth-order valence-electron chi connectivity index (χ4n) is 1.83. The third-order valence-electron chi connectivity index (χ3n) is 3.05. The Labute approximate surface area is 126 Å². The van der Waals surface area contributed by atoms with Crippen molar-refractivity contribution in [2.45, 2.75) is 18.9 Å². The molecule has 1 saturated carbocycles. The maximum Gasteiger partial charge on any atom is 0.269 e. The van der Waals surface area contributed by atoms with Gasteiger partial charge in [-0.1, -0.05) is 23.3 Å². The quantitative estimate of drug-likeness (QED) is 0.758. The second-order valence-corrected chi connectivity index (χ2v) is 5.83. The van der Waals surface area contributed by atoms with E-state index in [0.29, 0.717) is 27.3 Å². The van der Waals surface area contributed by atoms with Crippen molar-refractivity contribution in [3.8, 4) is 12.3 Å². The molecule has 1 aromatic carbocycles. The average Bonchev–Trinajstić information content (AvgIpc) is 3.20. The van der Waals surface area contributed by atoms with Crippen molar-refractivity contribution >= 4 is 33.9 Å². The smallest absolute Gasteiger partial charge is 0.269 e. The molecule has 1 aliphatic rings. The number of nitrogens with two attached hydrogens (primary N) is 1. The van der Waals surface area contributed by atoms with Gasteiger partial charge in [0.2, 0.25) is 0 Å². The van der Waals surface area contributed by atoms with E-state index in [1.54, 1.807) is 24.3 Å². The largest absolute Gasteiger partial charge is 0.382 e. The second kappa shape index (κ2) is 5.46. The SMILES string of the molecule is C#Cc1cccc(NC(=O)c2sc(NC3CC3)nc2N)c1. The minimum absolute atomic E-state index is 0.244. The highest BCUT2D eigenvalue weighted by molar-refractivity contribution is 7.18. The number of rotatable bonds is 4. The van der Waals surface area contributed by atoms with E-state index in [0.717, 1.165) is 12.8 Å². The van der Waals surface area contributed by atoms with Crippen molar-refractivity contribution in [3.05, 3.63) is 34.7 Å². The predicted molar refractivity (Wildman–Crippen MR) is 85.5 cm³/mol. The number of aromatic nitrogens is 1. The molecule has 3 rings (SSSR count). The van der Waals surface area contributed by atoms with Gasteiger partial charge in [0.05, 0.1) is 0 Å². The summed E-state index contributed by atoms with van der Waals surface area (Å²) in [4.78, 5) is 16.8. The van der Waals surface area contributed by atoms with Crippen molar-refractivity contribution in [1.82, 2.24) is 4.98 Å². The van der Waals surface area contributed by atoms with E-state index < -0.39 is 0 Å². The number of benzene rings is 1. The van der Waals surface area contributed by atoms with E-state index in [-0.39, 0.29) is 11.7 Å². The Morgan fingerprint density at radius 2 is 2.29 bits per heavy atom. The molecule has 0 unspecified atom stereocenters. The molecule has 0 aliphatic heterocycles. The molecule has 1 aromatic heterocycles. The monoisotopic (exact) mass is 298 g/mol. The molecule has 0 radical (unpaired) electrons. The van der Waals surface area contributed by atoms with Crippen LogP contribution in [0.5, 0.6) is 0 Å². The summed E-state index contributed by atoms with van der Waals surface area (Å²) < 4.78 is 0. The highest BCUT2D eigenvalue weighted by Gasteiger charge is 2.24. The van der Waals surface area contributed by atoms with Gasteiger partial charge >= 0.3 is 0 Å². The summed E-state index contributed by atoms with van der Waals surface area (Å²) in [5.74, 6) is 2.50. The standard InChI is InChI=1S/C15H14N4OS/c1-2-9-4-3-5-11(8-9)17-14(20)12-13(16)19-15(21-12)18-10-6-7-10/h1,3-5,8,10H,6-7,16H2,(H,17,20)(H,18,19). The highest BCUT2D eigenvalue weighted by atomic mass is 32.1. The molecule has 6 heteroatoms. The molecule has 21 heavy (non-hydrogen) atoms. The van der Waals surface area contributed by atoms with Crippen LogP contribution in [0, 0.1) is 12.3 Å². The lowest BCUT2D eigenvalue weighted by atomic mass is 10.2. The summed E-state index contributed by atoms with van der Waals surface area (Å²) in [5.41, 5.74) is 7.16.